The summed E-state index contributed by atoms with van der Waals surface area (Å²) in [5.41, 5.74) is -0.682. The average molecular weight is 333 g/mol. The summed E-state index contributed by atoms with van der Waals surface area (Å²) in [6, 6.07) is 1.98. The van der Waals surface area contributed by atoms with Crippen LogP contribution in [0.3, 0.4) is 0 Å². The zero-order chi connectivity index (χ0) is 16.7. The van der Waals surface area contributed by atoms with Crippen molar-refractivity contribution in [3.8, 4) is 0 Å². The number of carboxylic acids is 1. The molecule has 8 nitrogen and oxygen atoms in total. The molecule has 4 heterocycles. The number of aromatic nitrogens is 2. The molecule has 130 valence electrons. The van der Waals surface area contributed by atoms with Crippen molar-refractivity contribution in [2.24, 2.45) is 11.3 Å². The molecule has 1 aromatic rings. The van der Waals surface area contributed by atoms with E-state index >= 15 is 0 Å². The van der Waals surface area contributed by atoms with Gasteiger partial charge in [-0.05, 0) is 7.05 Å². The lowest BCUT2D eigenvalue weighted by Gasteiger charge is -2.29. The Labute approximate surface area is 141 Å². The second kappa shape index (κ2) is 5.86. The first-order valence-corrected chi connectivity index (χ1v) is 8.40. The molecule has 3 aliphatic heterocycles. The number of hydrogen-bond acceptors (Lipinski definition) is 7. The third-order valence-electron chi connectivity index (χ3n) is 5.50. The first-order valence-electron chi connectivity index (χ1n) is 8.40. The van der Waals surface area contributed by atoms with Gasteiger partial charge in [0.25, 0.3) is 0 Å². The van der Waals surface area contributed by atoms with Gasteiger partial charge in [0.1, 0.15) is 23.4 Å². The summed E-state index contributed by atoms with van der Waals surface area (Å²) in [5, 5.41) is 9.81. The van der Waals surface area contributed by atoms with Gasteiger partial charge in [-0.15, -0.1) is 0 Å². The van der Waals surface area contributed by atoms with Crippen LogP contribution >= 0.6 is 0 Å². The Morgan fingerprint density at radius 3 is 2.58 bits per heavy atom. The van der Waals surface area contributed by atoms with Gasteiger partial charge in [0.05, 0.1) is 13.2 Å². The van der Waals surface area contributed by atoms with E-state index in [1.807, 2.05) is 13.1 Å². The molecule has 0 amide bonds. The van der Waals surface area contributed by atoms with E-state index in [4.69, 9.17) is 4.74 Å². The molecule has 0 bridgehead atoms. The summed E-state index contributed by atoms with van der Waals surface area (Å²) in [6.45, 7) is 5.73. The summed E-state index contributed by atoms with van der Waals surface area (Å²) < 4.78 is 5.39. The van der Waals surface area contributed by atoms with Gasteiger partial charge in [-0.3, -0.25) is 4.79 Å². The van der Waals surface area contributed by atoms with E-state index in [9.17, 15) is 9.90 Å². The minimum Gasteiger partial charge on any atom is -0.481 e. The molecule has 0 spiro atoms. The van der Waals surface area contributed by atoms with Gasteiger partial charge in [0, 0.05) is 51.3 Å². The number of carboxylic acid groups (broad SMARTS) is 1. The van der Waals surface area contributed by atoms with Crippen molar-refractivity contribution < 1.29 is 14.6 Å². The minimum absolute atomic E-state index is 0.141. The number of ether oxygens (including phenoxy) is 1. The number of rotatable bonds is 3. The summed E-state index contributed by atoms with van der Waals surface area (Å²) in [7, 11) is 1.99. The van der Waals surface area contributed by atoms with Crippen molar-refractivity contribution in [3.05, 3.63) is 12.4 Å². The number of likely N-dealkylation sites (tertiary alicyclic amines) is 1. The number of aliphatic carboxylic acids is 1. The lowest BCUT2D eigenvalue weighted by molar-refractivity contribution is -0.148. The van der Waals surface area contributed by atoms with E-state index in [1.54, 1.807) is 6.33 Å². The molecule has 2 atom stereocenters. The lowest BCUT2D eigenvalue weighted by atomic mass is 9.81. The van der Waals surface area contributed by atoms with Crippen molar-refractivity contribution in [2.45, 2.75) is 0 Å². The summed E-state index contributed by atoms with van der Waals surface area (Å²) in [5.74, 6) is 1.16. The summed E-state index contributed by atoms with van der Waals surface area (Å²) in [4.78, 5) is 27.1. The van der Waals surface area contributed by atoms with Gasteiger partial charge in [0.15, 0.2) is 0 Å². The predicted molar refractivity (Wildman–Crippen MR) is 88.3 cm³/mol. The zero-order valence-corrected chi connectivity index (χ0v) is 13.9. The summed E-state index contributed by atoms with van der Waals surface area (Å²) >= 11 is 0. The van der Waals surface area contributed by atoms with E-state index < -0.39 is 11.4 Å². The molecule has 3 fully saturated rings. The minimum atomic E-state index is -0.693. The summed E-state index contributed by atoms with van der Waals surface area (Å²) in [6.07, 6.45) is 1.58. The van der Waals surface area contributed by atoms with E-state index in [0.29, 0.717) is 26.3 Å². The standard InChI is InChI=1S/C16H23N5O3/c1-19-7-12-8-21(10-16(12,9-19)15(22)23)14-6-13(17-11-18-14)20-2-4-24-5-3-20/h6,11-12H,2-5,7-10H2,1H3,(H,22,23)/t12-,16-/m1/s1. The normalized spacial score (nSPS) is 30.6. The Kier molecular flexibility index (Phi) is 3.80. The fourth-order valence-corrected chi connectivity index (χ4v) is 4.27. The highest BCUT2D eigenvalue weighted by atomic mass is 16.5. The van der Waals surface area contributed by atoms with E-state index in [1.165, 1.54) is 0 Å². The maximum atomic E-state index is 11.9. The Balaban J connectivity index is 1.56. The Bertz CT molecular complexity index is 636. The SMILES string of the molecule is CN1C[C@@H]2CN(c3cc(N4CCOCC4)ncn3)C[C@]2(C(=O)O)C1. The van der Waals surface area contributed by atoms with Crippen LogP contribution in [0.1, 0.15) is 0 Å². The molecule has 0 unspecified atom stereocenters. The third kappa shape index (κ3) is 2.50. The Hall–Kier alpha value is -1.93. The lowest BCUT2D eigenvalue weighted by Crippen LogP contribution is -2.40. The molecular formula is C16H23N5O3. The largest absolute Gasteiger partial charge is 0.481 e. The molecule has 1 N–H and O–H groups in total. The van der Waals surface area contributed by atoms with Crippen molar-refractivity contribution in [2.75, 3.05) is 69.3 Å². The third-order valence-corrected chi connectivity index (χ3v) is 5.50. The molecule has 0 saturated carbocycles. The first kappa shape index (κ1) is 15.6. The van der Waals surface area contributed by atoms with E-state index in [2.05, 4.69) is 24.7 Å². The molecule has 0 aliphatic carbocycles. The van der Waals surface area contributed by atoms with Crippen molar-refractivity contribution in [3.63, 3.8) is 0 Å². The van der Waals surface area contributed by atoms with Crippen LogP contribution in [0.25, 0.3) is 0 Å². The zero-order valence-electron chi connectivity index (χ0n) is 13.9. The number of anilines is 2. The molecule has 0 aromatic carbocycles. The smallest absolute Gasteiger partial charge is 0.313 e. The van der Waals surface area contributed by atoms with Crippen molar-refractivity contribution in [1.82, 2.24) is 14.9 Å². The molecule has 24 heavy (non-hydrogen) atoms. The van der Waals surface area contributed by atoms with Gasteiger partial charge < -0.3 is 24.5 Å². The fourth-order valence-electron chi connectivity index (χ4n) is 4.27. The van der Waals surface area contributed by atoms with Crippen LogP contribution in [0.5, 0.6) is 0 Å². The quantitative estimate of drug-likeness (QED) is 0.812. The number of morpholine rings is 1. The van der Waals surface area contributed by atoms with Crippen molar-refractivity contribution in [1.29, 1.82) is 0 Å². The second-order valence-corrected chi connectivity index (χ2v) is 7.07. The molecule has 3 saturated heterocycles. The number of hydrogen-bond donors (Lipinski definition) is 1. The van der Waals surface area contributed by atoms with Gasteiger partial charge in [0.2, 0.25) is 0 Å². The Morgan fingerprint density at radius 1 is 1.21 bits per heavy atom. The van der Waals surface area contributed by atoms with Crippen LogP contribution in [0, 0.1) is 11.3 Å². The molecule has 3 aliphatic rings. The average Bonchev–Trinajstić information content (AvgIpc) is 3.10. The first-order chi connectivity index (χ1) is 11.6. The number of nitrogens with zero attached hydrogens (tertiary/aromatic N) is 5. The predicted octanol–water partition coefficient (Wildman–Crippen LogP) is -0.234. The molecule has 4 rings (SSSR count). The van der Waals surface area contributed by atoms with Crippen LogP contribution in [0.4, 0.5) is 11.6 Å². The molecular weight excluding hydrogens is 310 g/mol. The second-order valence-electron chi connectivity index (χ2n) is 7.07. The number of carbonyl (C=O) groups is 1. The van der Waals surface area contributed by atoms with Gasteiger partial charge >= 0.3 is 5.97 Å². The highest BCUT2D eigenvalue weighted by Crippen LogP contribution is 2.43. The van der Waals surface area contributed by atoms with Crippen LogP contribution in [-0.4, -0.2) is 85.5 Å². The highest BCUT2D eigenvalue weighted by Gasteiger charge is 2.57. The van der Waals surface area contributed by atoms with E-state index in [-0.39, 0.29) is 5.92 Å². The maximum absolute atomic E-state index is 11.9. The van der Waals surface area contributed by atoms with Crippen LogP contribution in [0.15, 0.2) is 12.4 Å². The van der Waals surface area contributed by atoms with E-state index in [0.717, 1.165) is 37.8 Å². The molecule has 8 heteroatoms. The van der Waals surface area contributed by atoms with Gasteiger partial charge in [-0.2, -0.15) is 0 Å². The monoisotopic (exact) mass is 333 g/mol. The molecule has 1 aromatic heterocycles. The van der Waals surface area contributed by atoms with Crippen LogP contribution < -0.4 is 9.80 Å². The highest BCUT2D eigenvalue weighted by molar-refractivity contribution is 5.78. The fraction of sp³-hybridized carbons (Fsp3) is 0.688. The molecule has 0 radical (unpaired) electrons. The van der Waals surface area contributed by atoms with Gasteiger partial charge in [-0.25, -0.2) is 9.97 Å². The number of fused-ring (bicyclic) bond motifs is 1. The maximum Gasteiger partial charge on any atom is 0.313 e. The van der Waals surface area contributed by atoms with Crippen molar-refractivity contribution >= 4 is 17.6 Å². The van der Waals surface area contributed by atoms with Crippen LogP contribution in [0.2, 0.25) is 0 Å². The Morgan fingerprint density at radius 2 is 1.92 bits per heavy atom. The topological polar surface area (TPSA) is 82.0 Å². The van der Waals surface area contributed by atoms with Gasteiger partial charge in [-0.1, -0.05) is 0 Å². The van der Waals surface area contributed by atoms with Crippen LogP contribution in [-0.2, 0) is 9.53 Å².